The van der Waals surface area contributed by atoms with E-state index in [9.17, 15) is 9.59 Å². The van der Waals surface area contributed by atoms with Crippen molar-refractivity contribution in [3.63, 3.8) is 0 Å². The monoisotopic (exact) mass is 383 g/mol. The van der Waals surface area contributed by atoms with Crippen LogP contribution in [0.2, 0.25) is 0 Å². The average molecular weight is 384 g/mol. The van der Waals surface area contributed by atoms with Gasteiger partial charge in [0.05, 0.1) is 5.92 Å². The lowest BCUT2D eigenvalue weighted by atomic mass is 9.97. The van der Waals surface area contributed by atoms with Gasteiger partial charge < -0.3 is 15.5 Å². The predicted molar refractivity (Wildman–Crippen MR) is 111 cm³/mol. The highest BCUT2D eigenvalue weighted by molar-refractivity contribution is 7.98. The van der Waals surface area contributed by atoms with E-state index in [2.05, 4.69) is 10.6 Å². The molecule has 1 aliphatic heterocycles. The van der Waals surface area contributed by atoms with Crippen molar-refractivity contribution in [2.45, 2.75) is 24.7 Å². The number of rotatable bonds is 4. The molecule has 0 spiro atoms. The van der Waals surface area contributed by atoms with Crippen LogP contribution in [0.4, 0.5) is 16.2 Å². The summed E-state index contributed by atoms with van der Waals surface area (Å²) in [4.78, 5) is 28.1. The maximum Gasteiger partial charge on any atom is 0.321 e. The number of anilines is 2. The first-order valence-corrected chi connectivity index (χ1v) is 10.3. The lowest BCUT2D eigenvalue weighted by Crippen LogP contribution is -2.45. The van der Waals surface area contributed by atoms with Gasteiger partial charge in [-0.1, -0.05) is 12.1 Å². The molecule has 1 atom stereocenters. The normalized spacial score (nSPS) is 16.7. The van der Waals surface area contributed by atoms with E-state index < -0.39 is 0 Å². The molecule has 142 valence electrons. The van der Waals surface area contributed by atoms with Crippen LogP contribution in [0.3, 0.4) is 0 Å². The highest BCUT2D eigenvalue weighted by atomic mass is 32.2. The van der Waals surface area contributed by atoms with Crippen molar-refractivity contribution in [3.05, 3.63) is 54.1 Å². The molecule has 1 fully saturated rings. The van der Waals surface area contributed by atoms with Crippen LogP contribution in [0.15, 0.2) is 53.4 Å². The SMILES string of the molecule is CSc1ccc(NC(=O)C2CCCN(C(=O)Nc3cccc(C)c3)C2)cc1. The lowest BCUT2D eigenvalue weighted by Gasteiger charge is -2.32. The summed E-state index contributed by atoms with van der Waals surface area (Å²) in [5, 5.41) is 5.90. The van der Waals surface area contributed by atoms with Gasteiger partial charge in [0.1, 0.15) is 0 Å². The lowest BCUT2D eigenvalue weighted by molar-refractivity contribution is -0.121. The molecule has 1 heterocycles. The Bertz CT molecular complexity index is 807. The largest absolute Gasteiger partial charge is 0.326 e. The van der Waals surface area contributed by atoms with Crippen LogP contribution in [0, 0.1) is 12.8 Å². The Morgan fingerprint density at radius 3 is 2.56 bits per heavy atom. The number of piperidine rings is 1. The van der Waals surface area contributed by atoms with Crippen molar-refractivity contribution in [2.24, 2.45) is 5.92 Å². The Labute approximate surface area is 164 Å². The van der Waals surface area contributed by atoms with Gasteiger partial charge in [-0.05, 0) is 68.0 Å². The van der Waals surface area contributed by atoms with Gasteiger partial charge in [0, 0.05) is 29.4 Å². The minimum atomic E-state index is -0.192. The minimum Gasteiger partial charge on any atom is -0.326 e. The van der Waals surface area contributed by atoms with Gasteiger partial charge in [0.25, 0.3) is 0 Å². The molecular weight excluding hydrogens is 358 g/mol. The van der Waals surface area contributed by atoms with Gasteiger partial charge >= 0.3 is 6.03 Å². The summed E-state index contributed by atoms with van der Waals surface area (Å²) in [6, 6.07) is 15.4. The zero-order valence-corrected chi connectivity index (χ0v) is 16.5. The fourth-order valence-electron chi connectivity index (χ4n) is 3.22. The van der Waals surface area contributed by atoms with E-state index >= 15 is 0 Å². The molecule has 6 heteroatoms. The number of aryl methyl sites for hydroxylation is 1. The quantitative estimate of drug-likeness (QED) is 0.759. The van der Waals surface area contributed by atoms with Crippen LogP contribution in [-0.2, 0) is 4.79 Å². The molecule has 0 aromatic heterocycles. The van der Waals surface area contributed by atoms with Crippen LogP contribution in [0.5, 0.6) is 0 Å². The molecule has 3 rings (SSSR count). The Morgan fingerprint density at radius 1 is 1.07 bits per heavy atom. The highest BCUT2D eigenvalue weighted by Gasteiger charge is 2.28. The standard InChI is InChI=1S/C21H25N3O2S/c1-15-5-3-7-18(13-15)23-21(26)24-12-4-6-16(14-24)20(25)22-17-8-10-19(27-2)11-9-17/h3,5,7-11,13,16H,4,6,12,14H2,1-2H3,(H,22,25)(H,23,26). The fraction of sp³-hybridized carbons (Fsp3) is 0.333. The molecule has 2 aromatic carbocycles. The van der Waals surface area contributed by atoms with Gasteiger partial charge in [-0.2, -0.15) is 0 Å². The number of thioether (sulfide) groups is 1. The number of nitrogens with one attached hydrogen (secondary N) is 2. The van der Waals surface area contributed by atoms with E-state index in [0.717, 1.165) is 34.7 Å². The van der Waals surface area contributed by atoms with E-state index in [0.29, 0.717) is 13.1 Å². The zero-order valence-electron chi connectivity index (χ0n) is 15.7. The summed E-state index contributed by atoms with van der Waals surface area (Å²) >= 11 is 1.67. The van der Waals surface area contributed by atoms with E-state index in [1.807, 2.05) is 61.7 Å². The molecule has 0 saturated carbocycles. The number of carbonyl (C=O) groups is 2. The van der Waals surface area contributed by atoms with E-state index in [1.165, 1.54) is 0 Å². The van der Waals surface area contributed by atoms with Crippen LogP contribution < -0.4 is 10.6 Å². The highest BCUT2D eigenvalue weighted by Crippen LogP contribution is 2.22. The number of amides is 3. The third-order valence-corrected chi connectivity index (χ3v) is 5.45. The minimum absolute atomic E-state index is 0.0278. The van der Waals surface area contributed by atoms with Gasteiger partial charge in [-0.25, -0.2) is 4.79 Å². The van der Waals surface area contributed by atoms with Gasteiger partial charge in [0.2, 0.25) is 5.91 Å². The number of likely N-dealkylation sites (tertiary alicyclic amines) is 1. The first-order valence-electron chi connectivity index (χ1n) is 9.12. The molecule has 27 heavy (non-hydrogen) atoms. The third-order valence-electron chi connectivity index (χ3n) is 4.71. The maximum atomic E-state index is 12.6. The second-order valence-electron chi connectivity index (χ2n) is 6.80. The van der Waals surface area contributed by atoms with Crippen molar-refractivity contribution in [3.8, 4) is 0 Å². The molecule has 5 nitrogen and oxygen atoms in total. The molecule has 1 unspecified atom stereocenters. The molecule has 1 aliphatic rings. The van der Waals surface area contributed by atoms with E-state index in [1.54, 1.807) is 16.7 Å². The molecule has 0 aliphatic carbocycles. The van der Waals surface area contributed by atoms with Crippen molar-refractivity contribution in [2.75, 3.05) is 30.0 Å². The summed E-state index contributed by atoms with van der Waals surface area (Å²) in [6.07, 6.45) is 3.64. The van der Waals surface area contributed by atoms with Gasteiger partial charge in [-0.15, -0.1) is 11.8 Å². The topological polar surface area (TPSA) is 61.4 Å². The molecule has 3 amide bonds. The van der Waals surface area contributed by atoms with Crippen LogP contribution >= 0.6 is 11.8 Å². The molecule has 2 N–H and O–H groups in total. The second kappa shape index (κ2) is 8.95. The first-order chi connectivity index (χ1) is 13.0. The average Bonchev–Trinajstić information content (AvgIpc) is 2.68. The Kier molecular flexibility index (Phi) is 6.40. The van der Waals surface area contributed by atoms with E-state index in [4.69, 9.17) is 0 Å². The van der Waals surface area contributed by atoms with Crippen molar-refractivity contribution in [1.82, 2.24) is 4.90 Å². The predicted octanol–water partition coefficient (Wildman–Crippen LogP) is 4.60. The number of hydrogen-bond acceptors (Lipinski definition) is 3. The summed E-state index contributed by atoms with van der Waals surface area (Å²) in [7, 11) is 0. The molecule has 0 bridgehead atoms. The molecular formula is C21H25N3O2S. The Balaban J connectivity index is 1.57. The van der Waals surface area contributed by atoms with E-state index in [-0.39, 0.29) is 17.9 Å². The fourth-order valence-corrected chi connectivity index (χ4v) is 3.63. The van der Waals surface area contributed by atoms with Gasteiger partial charge in [-0.3, -0.25) is 4.79 Å². The summed E-state index contributed by atoms with van der Waals surface area (Å²) in [6.45, 7) is 3.10. The summed E-state index contributed by atoms with van der Waals surface area (Å²) in [5.74, 6) is -0.220. The molecule has 2 aromatic rings. The zero-order chi connectivity index (χ0) is 19.2. The summed E-state index contributed by atoms with van der Waals surface area (Å²) < 4.78 is 0. The number of benzene rings is 2. The number of nitrogens with zero attached hydrogens (tertiary/aromatic N) is 1. The smallest absolute Gasteiger partial charge is 0.321 e. The maximum absolute atomic E-state index is 12.6. The number of urea groups is 1. The van der Waals surface area contributed by atoms with Crippen molar-refractivity contribution >= 4 is 35.1 Å². The van der Waals surface area contributed by atoms with Crippen LogP contribution in [-0.4, -0.2) is 36.2 Å². The third kappa shape index (κ3) is 5.26. The Morgan fingerprint density at radius 2 is 1.85 bits per heavy atom. The number of carbonyl (C=O) groups excluding carboxylic acids is 2. The molecule has 0 radical (unpaired) electrons. The van der Waals surface area contributed by atoms with Crippen molar-refractivity contribution in [1.29, 1.82) is 0 Å². The van der Waals surface area contributed by atoms with Crippen LogP contribution in [0.25, 0.3) is 0 Å². The van der Waals surface area contributed by atoms with Crippen molar-refractivity contribution < 1.29 is 9.59 Å². The Hall–Kier alpha value is -2.47. The van der Waals surface area contributed by atoms with Crippen LogP contribution in [0.1, 0.15) is 18.4 Å². The summed E-state index contributed by atoms with van der Waals surface area (Å²) in [5.41, 5.74) is 2.66. The first kappa shape index (κ1) is 19.3. The number of hydrogen-bond donors (Lipinski definition) is 2. The van der Waals surface area contributed by atoms with Gasteiger partial charge in [0.15, 0.2) is 0 Å². The molecule has 1 saturated heterocycles. The second-order valence-corrected chi connectivity index (χ2v) is 7.68.